The maximum Gasteiger partial charge on any atom is 0.330 e. The van der Waals surface area contributed by atoms with Crippen molar-refractivity contribution in [3.63, 3.8) is 0 Å². The van der Waals surface area contributed by atoms with E-state index < -0.39 is 5.97 Å². The maximum absolute atomic E-state index is 13.1. The molecule has 3 fully saturated rings. The van der Waals surface area contributed by atoms with Crippen molar-refractivity contribution >= 4 is 52.3 Å². The van der Waals surface area contributed by atoms with Gasteiger partial charge in [-0.3, -0.25) is 9.69 Å². The topological polar surface area (TPSA) is 59.8 Å². The smallest absolute Gasteiger partial charge is 0.330 e. The van der Waals surface area contributed by atoms with E-state index in [0.29, 0.717) is 27.4 Å². The van der Waals surface area contributed by atoms with Crippen LogP contribution >= 0.6 is 24.0 Å². The third kappa shape index (κ3) is 4.72. The second-order valence-electron chi connectivity index (χ2n) is 8.15. The van der Waals surface area contributed by atoms with Crippen LogP contribution in [0.5, 0.6) is 0 Å². The number of carbonyl (C=O) groups excluding carboxylic acids is 2. The highest BCUT2D eigenvalue weighted by molar-refractivity contribution is 8.26. The second kappa shape index (κ2) is 9.52. The molecule has 1 aliphatic heterocycles. The van der Waals surface area contributed by atoms with Crippen LogP contribution in [0.2, 0.25) is 0 Å². The average Bonchev–Trinajstić information content (AvgIpc) is 3.30. The first-order chi connectivity index (χ1) is 14.5. The Kier molecular flexibility index (Phi) is 6.78. The van der Waals surface area contributed by atoms with E-state index in [1.54, 1.807) is 31.2 Å². The highest BCUT2D eigenvalue weighted by Crippen LogP contribution is 2.44. The van der Waals surface area contributed by atoms with Crippen LogP contribution in [0.1, 0.15) is 63.4 Å². The van der Waals surface area contributed by atoms with Crippen molar-refractivity contribution in [2.45, 2.75) is 57.9 Å². The van der Waals surface area contributed by atoms with Gasteiger partial charge in [-0.2, -0.15) is 0 Å². The highest BCUT2D eigenvalue weighted by Gasteiger charge is 2.41. The van der Waals surface area contributed by atoms with Crippen molar-refractivity contribution in [2.75, 3.05) is 6.61 Å². The highest BCUT2D eigenvalue weighted by atomic mass is 32.2. The number of carbonyl (C=O) groups is 2. The number of amides is 1. The molecular formula is C23H27NO4S2. The van der Waals surface area contributed by atoms with E-state index in [-0.39, 0.29) is 11.9 Å². The molecular weight excluding hydrogens is 418 g/mol. The molecule has 0 radical (unpaired) electrons. The molecule has 30 heavy (non-hydrogen) atoms. The van der Waals surface area contributed by atoms with Gasteiger partial charge >= 0.3 is 5.97 Å². The molecule has 5 nitrogen and oxygen atoms in total. The number of esters is 1. The van der Waals surface area contributed by atoms with Crippen molar-refractivity contribution in [1.82, 2.24) is 4.90 Å². The number of thiocarbonyl (C=S) groups is 1. The summed E-state index contributed by atoms with van der Waals surface area (Å²) >= 11 is 6.92. The summed E-state index contributed by atoms with van der Waals surface area (Å²) in [6.07, 6.45) is 13.3. The Morgan fingerprint density at radius 2 is 2.00 bits per heavy atom. The second-order valence-corrected chi connectivity index (χ2v) is 9.82. The van der Waals surface area contributed by atoms with Gasteiger partial charge in [0, 0.05) is 18.2 Å². The maximum atomic E-state index is 13.1. The van der Waals surface area contributed by atoms with E-state index in [9.17, 15) is 9.59 Å². The fourth-order valence-corrected chi connectivity index (χ4v) is 6.26. The van der Waals surface area contributed by atoms with Crippen LogP contribution in [0, 0.1) is 11.8 Å². The summed E-state index contributed by atoms with van der Waals surface area (Å²) in [6, 6.07) is 3.76. The predicted octanol–water partition coefficient (Wildman–Crippen LogP) is 5.42. The van der Waals surface area contributed by atoms with Gasteiger partial charge in [0.15, 0.2) is 0 Å². The van der Waals surface area contributed by atoms with Crippen molar-refractivity contribution in [3.05, 3.63) is 34.6 Å². The van der Waals surface area contributed by atoms with Crippen LogP contribution in [0.3, 0.4) is 0 Å². The molecule has 2 heterocycles. The molecule has 4 rings (SSSR count). The number of hydrogen-bond donors (Lipinski definition) is 0. The first-order valence-electron chi connectivity index (χ1n) is 10.8. The van der Waals surface area contributed by atoms with Gasteiger partial charge in [0.05, 0.1) is 11.5 Å². The van der Waals surface area contributed by atoms with Crippen LogP contribution in [0.4, 0.5) is 0 Å². The zero-order valence-corrected chi connectivity index (χ0v) is 18.8. The number of nitrogens with zero attached hydrogens (tertiary/aromatic N) is 1. The first-order valence-corrected chi connectivity index (χ1v) is 12.0. The van der Waals surface area contributed by atoms with Crippen LogP contribution < -0.4 is 0 Å². The molecule has 1 aromatic rings. The largest absolute Gasteiger partial charge is 0.463 e. The molecule has 2 saturated carbocycles. The molecule has 3 aliphatic rings. The molecule has 1 amide bonds. The Bertz CT molecular complexity index is 888. The average molecular weight is 446 g/mol. The van der Waals surface area contributed by atoms with Gasteiger partial charge in [-0.15, -0.1) is 0 Å². The lowest BCUT2D eigenvalue weighted by Gasteiger charge is -2.41. The van der Waals surface area contributed by atoms with Gasteiger partial charge in [-0.05, 0) is 56.2 Å². The molecule has 7 heteroatoms. The summed E-state index contributed by atoms with van der Waals surface area (Å²) in [5.41, 5.74) is 0. The lowest BCUT2D eigenvalue weighted by molar-refractivity contribution is -0.137. The lowest BCUT2D eigenvalue weighted by atomic mass is 9.69. The summed E-state index contributed by atoms with van der Waals surface area (Å²) in [5, 5.41) is 0. The zero-order valence-electron chi connectivity index (χ0n) is 17.2. The summed E-state index contributed by atoms with van der Waals surface area (Å²) in [6.45, 7) is 2.09. The summed E-state index contributed by atoms with van der Waals surface area (Å²) in [5.74, 6) is 2.25. The molecule has 160 valence electrons. The van der Waals surface area contributed by atoms with Crippen LogP contribution in [-0.4, -0.2) is 33.7 Å². The van der Waals surface area contributed by atoms with Crippen molar-refractivity contribution < 1.29 is 18.7 Å². The Morgan fingerprint density at radius 1 is 1.23 bits per heavy atom. The zero-order chi connectivity index (χ0) is 21.1. The van der Waals surface area contributed by atoms with Gasteiger partial charge in [-0.1, -0.05) is 49.7 Å². The number of fused-ring (bicyclic) bond motifs is 1. The molecule has 1 saturated heterocycles. The van der Waals surface area contributed by atoms with Crippen LogP contribution in [0.25, 0.3) is 12.2 Å². The number of thioether (sulfide) groups is 1. The first kappa shape index (κ1) is 21.4. The third-order valence-corrected chi connectivity index (χ3v) is 7.62. The Labute approximate surface area is 186 Å². The van der Waals surface area contributed by atoms with Gasteiger partial charge in [-0.25, -0.2) is 4.79 Å². The van der Waals surface area contributed by atoms with E-state index in [1.165, 1.54) is 49.9 Å². The van der Waals surface area contributed by atoms with Crippen molar-refractivity contribution in [1.29, 1.82) is 0 Å². The summed E-state index contributed by atoms with van der Waals surface area (Å²) in [4.78, 5) is 27.0. The number of rotatable bonds is 5. The molecule has 0 N–H and O–H groups in total. The fourth-order valence-electron chi connectivity index (χ4n) is 4.88. The molecule has 3 atom stereocenters. The van der Waals surface area contributed by atoms with E-state index in [2.05, 4.69) is 0 Å². The lowest BCUT2D eigenvalue weighted by Crippen LogP contribution is -2.44. The summed E-state index contributed by atoms with van der Waals surface area (Å²) < 4.78 is 11.2. The van der Waals surface area contributed by atoms with Gasteiger partial charge in [0.1, 0.15) is 15.8 Å². The normalized spacial score (nSPS) is 28.4. The van der Waals surface area contributed by atoms with Crippen molar-refractivity contribution in [2.24, 2.45) is 11.8 Å². The number of hydrogen-bond acceptors (Lipinski definition) is 6. The summed E-state index contributed by atoms with van der Waals surface area (Å²) in [7, 11) is 0. The SMILES string of the molecule is CCOC(=O)/C=C/c1ccc(/C=C2\SC(=S)N(C3CCC4CCCCC4C3)C2=O)o1. The molecule has 0 aromatic carbocycles. The fraction of sp³-hybridized carbons (Fsp3) is 0.522. The number of furan rings is 1. The predicted molar refractivity (Wildman–Crippen MR) is 122 cm³/mol. The van der Waals surface area contributed by atoms with E-state index >= 15 is 0 Å². The minimum Gasteiger partial charge on any atom is -0.463 e. The van der Waals surface area contributed by atoms with Crippen LogP contribution in [0.15, 0.2) is 27.5 Å². The quantitative estimate of drug-likeness (QED) is 0.343. The number of ether oxygens (including phenoxy) is 1. The van der Waals surface area contributed by atoms with Gasteiger partial charge < -0.3 is 9.15 Å². The van der Waals surface area contributed by atoms with Crippen molar-refractivity contribution in [3.8, 4) is 0 Å². The monoisotopic (exact) mass is 445 g/mol. The minimum atomic E-state index is -0.413. The molecule has 0 spiro atoms. The molecule has 0 bridgehead atoms. The van der Waals surface area contributed by atoms with Gasteiger partial charge in [0.2, 0.25) is 0 Å². The Morgan fingerprint density at radius 3 is 2.80 bits per heavy atom. The van der Waals surface area contributed by atoms with E-state index in [4.69, 9.17) is 21.4 Å². The Balaban J connectivity index is 1.42. The third-order valence-electron chi connectivity index (χ3n) is 6.29. The Hall–Kier alpha value is -1.86. The minimum absolute atomic E-state index is 0.00993. The molecule has 1 aromatic heterocycles. The molecule has 3 unspecified atom stereocenters. The van der Waals surface area contributed by atoms with E-state index in [1.807, 2.05) is 4.90 Å². The van der Waals surface area contributed by atoms with Crippen LogP contribution in [-0.2, 0) is 14.3 Å². The molecule has 2 aliphatic carbocycles. The van der Waals surface area contributed by atoms with Gasteiger partial charge in [0.25, 0.3) is 5.91 Å². The van der Waals surface area contributed by atoms with E-state index in [0.717, 1.165) is 24.7 Å². The standard InChI is InChI=1S/C23H27NO4S2/c1-2-27-21(25)12-11-18-9-10-19(28-18)14-20-22(26)24(23(29)30-20)17-8-7-15-5-3-4-6-16(15)13-17/h9-12,14-17H,2-8,13H2,1H3/b12-11+,20-14-.